The molecule has 0 radical (unpaired) electrons. The van der Waals surface area contributed by atoms with Crippen molar-refractivity contribution in [2.45, 2.75) is 19.4 Å². The van der Waals surface area contributed by atoms with Gasteiger partial charge in [0, 0.05) is 52.5 Å². The van der Waals surface area contributed by atoms with Crippen molar-refractivity contribution in [3.05, 3.63) is 35.9 Å². The van der Waals surface area contributed by atoms with E-state index in [0.717, 1.165) is 45.6 Å². The summed E-state index contributed by atoms with van der Waals surface area (Å²) in [6, 6.07) is 10.5. The van der Waals surface area contributed by atoms with E-state index >= 15 is 0 Å². The zero-order chi connectivity index (χ0) is 16.1. The molecule has 1 amide bonds. The highest BCUT2D eigenvalue weighted by Crippen LogP contribution is 2.32. The van der Waals surface area contributed by atoms with Crippen LogP contribution >= 0.6 is 24.8 Å². The molecule has 2 heterocycles. The van der Waals surface area contributed by atoms with E-state index in [1.54, 1.807) is 0 Å². The quantitative estimate of drug-likeness (QED) is 0.854. The summed E-state index contributed by atoms with van der Waals surface area (Å²) in [6.45, 7) is 6.14. The minimum absolute atomic E-state index is 0. The van der Waals surface area contributed by atoms with Gasteiger partial charge in [-0.25, -0.2) is 0 Å². The number of halogens is 2. The van der Waals surface area contributed by atoms with Gasteiger partial charge in [-0.05, 0) is 18.4 Å². The predicted octanol–water partition coefficient (Wildman–Crippen LogP) is 1.93. The molecule has 0 unspecified atom stereocenters. The van der Waals surface area contributed by atoms with Gasteiger partial charge in [0.05, 0.1) is 5.41 Å². The summed E-state index contributed by atoms with van der Waals surface area (Å²) in [7, 11) is 0. The first kappa shape index (κ1) is 22.2. The minimum Gasteiger partial charge on any atom is -0.381 e. The molecule has 1 aromatic rings. The smallest absolute Gasteiger partial charge is 0.230 e. The van der Waals surface area contributed by atoms with E-state index in [1.807, 2.05) is 11.0 Å². The molecule has 1 aromatic carbocycles. The third kappa shape index (κ3) is 5.31. The number of ether oxygens (including phenoxy) is 1. The van der Waals surface area contributed by atoms with Crippen LogP contribution in [0.3, 0.4) is 0 Å². The summed E-state index contributed by atoms with van der Waals surface area (Å²) >= 11 is 0. The third-order valence-corrected chi connectivity index (χ3v) is 5.20. The maximum Gasteiger partial charge on any atom is 0.230 e. The molecule has 2 aliphatic heterocycles. The molecule has 2 saturated heterocycles. The van der Waals surface area contributed by atoms with Crippen molar-refractivity contribution in [2.24, 2.45) is 11.1 Å². The maximum atomic E-state index is 12.9. The van der Waals surface area contributed by atoms with Crippen molar-refractivity contribution in [3.63, 3.8) is 0 Å². The van der Waals surface area contributed by atoms with Gasteiger partial charge in [-0.1, -0.05) is 30.3 Å². The summed E-state index contributed by atoms with van der Waals surface area (Å²) in [4.78, 5) is 17.4. The van der Waals surface area contributed by atoms with Crippen molar-refractivity contribution in [1.29, 1.82) is 0 Å². The second-order valence-corrected chi connectivity index (χ2v) is 6.65. The third-order valence-electron chi connectivity index (χ3n) is 5.20. The Balaban J connectivity index is 0.00000156. The first-order valence-corrected chi connectivity index (χ1v) is 8.57. The number of hydrogen-bond acceptors (Lipinski definition) is 4. The molecule has 7 heteroatoms. The van der Waals surface area contributed by atoms with E-state index < -0.39 is 0 Å². The molecule has 0 bridgehead atoms. The fourth-order valence-electron chi connectivity index (χ4n) is 3.55. The Morgan fingerprint density at radius 2 is 1.64 bits per heavy atom. The molecule has 25 heavy (non-hydrogen) atoms. The molecule has 0 aliphatic carbocycles. The zero-order valence-corrected chi connectivity index (χ0v) is 16.2. The molecule has 2 fully saturated rings. The van der Waals surface area contributed by atoms with E-state index in [-0.39, 0.29) is 36.1 Å². The fourth-order valence-corrected chi connectivity index (χ4v) is 3.55. The molecule has 0 aromatic heterocycles. The number of hydrogen-bond donors (Lipinski definition) is 1. The summed E-state index contributed by atoms with van der Waals surface area (Å²) in [5, 5.41) is 0. The first-order chi connectivity index (χ1) is 11.2. The number of nitrogens with two attached hydrogens (primary N) is 1. The standard InChI is InChI=1S/C18H27N3O2.2ClH/c19-15-18(6-12-23-13-7-18)17(22)21-10-8-20(9-11-21)14-16-4-2-1-3-5-16;;/h1-5H,6-15,19H2;2*1H. The molecule has 142 valence electrons. The van der Waals surface area contributed by atoms with Crippen LogP contribution < -0.4 is 5.73 Å². The fraction of sp³-hybridized carbons (Fsp3) is 0.611. The Labute approximate surface area is 162 Å². The van der Waals surface area contributed by atoms with E-state index in [0.29, 0.717) is 19.8 Å². The lowest BCUT2D eigenvalue weighted by molar-refractivity contribution is -0.149. The van der Waals surface area contributed by atoms with Crippen LogP contribution in [0.2, 0.25) is 0 Å². The van der Waals surface area contributed by atoms with Gasteiger partial charge in [0.2, 0.25) is 5.91 Å². The van der Waals surface area contributed by atoms with Crippen molar-refractivity contribution in [2.75, 3.05) is 45.9 Å². The zero-order valence-electron chi connectivity index (χ0n) is 14.6. The number of piperazine rings is 1. The van der Waals surface area contributed by atoms with Gasteiger partial charge in [-0.3, -0.25) is 9.69 Å². The summed E-state index contributed by atoms with van der Waals surface area (Å²) in [5.74, 6) is 0.239. The van der Waals surface area contributed by atoms with Gasteiger partial charge in [-0.2, -0.15) is 0 Å². The second kappa shape index (κ2) is 10.3. The first-order valence-electron chi connectivity index (χ1n) is 8.57. The number of benzene rings is 1. The van der Waals surface area contributed by atoms with Gasteiger partial charge in [0.1, 0.15) is 0 Å². The Hall–Kier alpha value is -0.850. The van der Waals surface area contributed by atoms with Crippen LogP contribution in [0.5, 0.6) is 0 Å². The van der Waals surface area contributed by atoms with E-state index in [9.17, 15) is 4.79 Å². The number of nitrogens with zero attached hydrogens (tertiary/aromatic N) is 2. The van der Waals surface area contributed by atoms with Crippen LogP contribution in [0.25, 0.3) is 0 Å². The van der Waals surface area contributed by atoms with Crippen LogP contribution in [-0.2, 0) is 16.1 Å². The van der Waals surface area contributed by atoms with Crippen LogP contribution in [-0.4, -0.2) is 61.6 Å². The van der Waals surface area contributed by atoms with Crippen LogP contribution in [0, 0.1) is 5.41 Å². The maximum absolute atomic E-state index is 12.9. The lowest BCUT2D eigenvalue weighted by Gasteiger charge is -2.42. The topological polar surface area (TPSA) is 58.8 Å². The van der Waals surface area contributed by atoms with Crippen molar-refractivity contribution in [3.8, 4) is 0 Å². The monoisotopic (exact) mass is 389 g/mol. The van der Waals surface area contributed by atoms with Crippen molar-refractivity contribution < 1.29 is 9.53 Å². The predicted molar refractivity (Wildman–Crippen MR) is 104 cm³/mol. The average Bonchev–Trinajstić information content (AvgIpc) is 2.63. The Morgan fingerprint density at radius 3 is 2.20 bits per heavy atom. The highest BCUT2D eigenvalue weighted by molar-refractivity contribution is 5.85. The Morgan fingerprint density at radius 1 is 1.04 bits per heavy atom. The largest absolute Gasteiger partial charge is 0.381 e. The second-order valence-electron chi connectivity index (χ2n) is 6.65. The summed E-state index contributed by atoms with van der Waals surface area (Å²) in [6.07, 6.45) is 1.51. The number of rotatable bonds is 4. The minimum atomic E-state index is -0.389. The summed E-state index contributed by atoms with van der Waals surface area (Å²) in [5.41, 5.74) is 6.90. The van der Waals surface area contributed by atoms with Gasteiger partial charge in [0.25, 0.3) is 0 Å². The van der Waals surface area contributed by atoms with Crippen molar-refractivity contribution >= 4 is 30.7 Å². The molecule has 0 atom stereocenters. The van der Waals surface area contributed by atoms with Gasteiger partial charge in [-0.15, -0.1) is 24.8 Å². The highest BCUT2D eigenvalue weighted by atomic mass is 35.5. The lowest BCUT2D eigenvalue weighted by atomic mass is 9.78. The Bertz CT molecular complexity index is 516. The molecule has 0 saturated carbocycles. The SMILES string of the molecule is Cl.Cl.NCC1(C(=O)N2CCN(Cc3ccccc3)CC2)CCOCC1. The molecular formula is C18H29Cl2N3O2. The molecule has 0 spiro atoms. The lowest BCUT2D eigenvalue weighted by Crippen LogP contribution is -2.56. The highest BCUT2D eigenvalue weighted by Gasteiger charge is 2.41. The Kier molecular flexibility index (Phi) is 9.17. The van der Waals surface area contributed by atoms with Crippen LogP contribution in [0.1, 0.15) is 18.4 Å². The average molecular weight is 390 g/mol. The molecular weight excluding hydrogens is 361 g/mol. The number of carbonyl (C=O) groups is 1. The van der Waals surface area contributed by atoms with Gasteiger partial charge < -0.3 is 15.4 Å². The van der Waals surface area contributed by atoms with Crippen molar-refractivity contribution in [1.82, 2.24) is 9.80 Å². The van der Waals surface area contributed by atoms with E-state index in [1.165, 1.54) is 5.56 Å². The molecule has 2 aliphatic rings. The van der Waals surface area contributed by atoms with Crippen LogP contribution in [0.4, 0.5) is 0 Å². The van der Waals surface area contributed by atoms with E-state index in [4.69, 9.17) is 10.5 Å². The molecule has 2 N–H and O–H groups in total. The number of carbonyl (C=O) groups excluding carboxylic acids is 1. The van der Waals surface area contributed by atoms with Gasteiger partial charge in [0.15, 0.2) is 0 Å². The van der Waals surface area contributed by atoms with E-state index in [2.05, 4.69) is 29.2 Å². The normalized spacial score (nSPS) is 20.3. The van der Waals surface area contributed by atoms with Gasteiger partial charge >= 0.3 is 0 Å². The molecule has 5 nitrogen and oxygen atoms in total. The number of amides is 1. The molecule has 3 rings (SSSR count). The van der Waals surface area contributed by atoms with Crippen LogP contribution in [0.15, 0.2) is 30.3 Å². The summed E-state index contributed by atoms with van der Waals surface area (Å²) < 4.78 is 5.41.